The maximum atomic E-state index is 9.37. The summed E-state index contributed by atoms with van der Waals surface area (Å²) in [7, 11) is 3.41. The third kappa shape index (κ3) is 3.16. The fourth-order valence-corrected chi connectivity index (χ4v) is 2.21. The summed E-state index contributed by atoms with van der Waals surface area (Å²) >= 11 is 0. The van der Waals surface area contributed by atoms with E-state index in [0.717, 1.165) is 0 Å². The molecule has 0 aliphatic heterocycles. The Hall–Kier alpha value is -3.94. The van der Waals surface area contributed by atoms with Crippen LogP contribution in [0, 0.1) is 18.3 Å². The van der Waals surface area contributed by atoms with Crippen molar-refractivity contribution in [1.29, 1.82) is 5.26 Å². The maximum Gasteiger partial charge on any atom is 0.287 e. The van der Waals surface area contributed by atoms with Crippen LogP contribution in [-0.4, -0.2) is 43.8 Å². The van der Waals surface area contributed by atoms with Gasteiger partial charge in [0.05, 0.1) is 5.56 Å². The number of nitrogens with zero attached hydrogens (tertiary/aromatic N) is 9. The quantitative estimate of drug-likeness (QED) is 0.667. The van der Waals surface area contributed by atoms with E-state index >= 15 is 0 Å². The van der Waals surface area contributed by atoms with Crippen molar-refractivity contribution < 1.29 is 0 Å². The lowest BCUT2D eigenvalue weighted by Gasteiger charge is -2.11. The monoisotopic (exact) mass is 349 g/mol. The summed E-state index contributed by atoms with van der Waals surface area (Å²) < 4.78 is 1.39. The van der Waals surface area contributed by atoms with Crippen LogP contribution in [0.25, 0.3) is 5.95 Å². The zero-order valence-electron chi connectivity index (χ0n) is 14.3. The molecule has 0 atom stereocenters. The minimum atomic E-state index is 0.134. The van der Waals surface area contributed by atoms with Crippen LogP contribution in [0.2, 0.25) is 0 Å². The fourth-order valence-electron chi connectivity index (χ4n) is 2.21. The van der Waals surface area contributed by atoms with Gasteiger partial charge in [-0.15, -0.1) is 15.3 Å². The molecule has 0 fully saturated rings. The zero-order valence-corrected chi connectivity index (χ0v) is 14.3. The van der Waals surface area contributed by atoms with Crippen molar-refractivity contribution in [3.05, 3.63) is 35.9 Å². The molecule has 3 rings (SSSR count). The predicted octanol–water partition coefficient (Wildman–Crippen LogP) is 2.13. The van der Waals surface area contributed by atoms with Crippen LogP contribution < -0.4 is 10.6 Å². The minimum Gasteiger partial charge on any atom is -0.372 e. The van der Waals surface area contributed by atoms with Crippen molar-refractivity contribution in [2.45, 2.75) is 6.92 Å². The zero-order chi connectivity index (χ0) is 18.5. The van der Waals surface area contributed by atoms with Gasteiger partial charge in [0, 0.05) is 32.1 Å². The highest BCUT2D eigenvalue weighted by Gasteiger charge is 2.16. The van der Waals surface area contributed by atoms with Crippen LogP contribution in [0.3, 0.4) is 0 Å². The van der Waals surface area contributed by atoms with Gasteiger partial charge in [0.2, 0.25) is 0 Å². The average Bonchev–Trinajstić information content (AvgIpc) is 3.16. The number of rotatable bonds is 5. The molecule has 0 saturated carbocycles. The van der Waals surface area contributed by atoms with E-state index in [2.05, 4.69) is 52.0 Å². The molecule has 11 heteroatoms. The van der Waals surface area contributed by atoms with E-state index in [0.29, 0.717) is 34.4 Å². The fraction of sp³-hybridized carbons (Fsp3) is 0.200. The lowest BCUT2D eigenvalue weighted by atomic mass is 10.1. The van der Waals surface area contributed by atoms with E-state index in [1.54, 1.807) is 39.5 Å². The Bertz CT molecular complexity index is 985. The highest BCUT2D eigenvalue weighted by atomic mass is 15.4. The van der Waals surface area contributed by atoms with Crippen LogP contribution >= 0.6 is 0 Å². The Balaban J connectivity index is 1.96. The Morgan fingerprint density at radius 1 is 1.08 bits per heavy atom. The van der Waals surface area contributed by atoms with E-state index in [9.17, 15) is 5.26 Å². The summed E-state index contributed by atoms with van der Waals surface area (Å²) in [5.41, 5.74) is 1.48. The van der Waals surface area contributed by atoms with Gasteiger partial charge in [0.1, 0.15) is 23.9 Å². The molecule has 0 saturated heterocycles. The molecule has 26 heavy (non-hydrogen) atoms. The number of azo groups is 1. The number of anilines is 2. The molecule has 0 amide bonds. The largest absolute Gasteiger partial charge is 0.372 e. The van der Waals surface area contributed by atoms with Crippen molar-refractivity contribution in [1.82, 2.24) is 29.7 Å². The van der Waals surface area contributed by atoms with Crippen LogP contribution in [-0.2, 0) is 0 Å². The number of pyridine rings is 1. The minimum absolute atomic E-state index is 0.134. The summed E-state index contributed by atoms with van der Waals surface area (Å²) in [6.45, 7) is 1.78. The smallest absolute Gasteiger partial charge is 0.287 e. The lowest BCUT2D eigenvalue weighted by molar-refractivity contribution is 0.804. The summed E-state index contributed by atoms with van der Waals surface area (Å²) in [5, 5.41) is 27.6. The van der Waals surface area contributed by atoms with E-state index in [4.69, 9.17) is 0 Å². The van der Waals surface area contributed by atoms with Gasteiger partial charge in [-0.05, 0) is 13.0 Å². The molecule has 2 N–H and O–H groups in total. The van der Waals surface area contributed by atoms with Crippen LogP contribution in [0.15, 0.2) is 35.0 Å². The van der Waals surface area contributed by atoms with Crippen molar-refractivity contribution in [2.75, 3.05) is 24.7 Å². The molecule has 3 aromatic heterocycles. The Kier molecular flexibility index (Phi) is 4.75. The number of nitrogens with one attached hydrogen (secondary N) is 2. The molecule has 0 radical (unpaired) electrons. The highest BCUT2D eigenvalue weighted by Crippen LogP contribution is 2.33. The number of nitriles is 1. The highest BCUT2D eigenvalue weighted by molar-refractivity contribution is 5.74. The van der Waals surface area contributed by atoms with Gasteiger partial charge in [0.25, 0.3) is 11.9 Å². The first kappa shape index (κ1) is 16.9. The third-order valence-corrected chi connectivity index (χ3v) is 3.48. The predicted molar refractivity (Wildman–Crippen MR) is 93.9 cm³/mol. The van der Waals surface area contributed by atoms with Crippen LogP contribution in [0.5, 0.6) is 0 Å². The molecule has 3 aromatic rings. The molecule has 3 heterocycles. The van der Waals surface area contributed by atoms with Crippen molar-refractivity contribution >= 4 is 23.3 Å². The maximum absolute atomic E-state index is 9.37. The van der Waals surface area contributed by atoms with Crippen LogP contribution in [0.4, 0.5) is 23.3 Å². The summed E-state index contributed by atoms with van der Waals surface area (Å²) in [6.07, 6.45) is 4.65. The van der Waals surface area contributed by atoms with E-state index in [-0.39, 0.29) is 5.95 Å². The van der Waals surface area contributed by atoms with Crippen molar-refractivity contribution in [3.8, 4) is 12.0 Å². The summed E-state index contributed by atoms with van der Waals surface area (Å²) in [6, 6.07) is 3.83. The van der Waals surface area contributed by atoms with Gasteiger partial charge in [0.15, 0.2) is 5.82 Å². The van der Waals surface area contributed by atoms with Gasteiger partial charge >= 0.3 is 0 Å². The number of hydrogen-bond acceptors (Lipinski definition) is 10. The first-order valence-electron chi connectivity index (χ1n) is 7.59. The van der Waals surface area contributed by atoms with Crippen molar-refractivity contribution in [3.63, 3.8) is 0 Å². The second kappa shape index (κ2) is 7.31. The Morgan fingerprint density at radius 3 is 2.46 bits per heavy atom. The first-order chi connectivity index (χ1) is 12.7. The molecule has 130 valence electrons. The molecule has 0 spiro atoms. The SMILES string of the molecule is CNc1nc(NC)c(/N=N/c2ncn(-c3ncccn3)n2)c(C)c1C#N. The second-order valence-electron chi connectivity index (χ2n) is 5.01. The van der Waals surface area contributed by atoms with Gasteiger partial charge < -0.3 is 10.6 Å². The Labute approximate surface area is 148 Å². The molecular formula is C15H15N11. The lowest BCUT2D eigenvalue weighted by Crippen LogP contribution is -2.03. The molecule has 0 unspecified atom stereocenters. The second-order valence-corrected chi connectivity index (χ2v) is 5.01. The van der Waals surface area contributed by atoms with E-state index in [1.807, 2.05) is 0 Å². The van der Waals surface area contributed by atoms with Gasteiger partial charge in [-0.1, -0.05) is 0 Å². The van der Waals surface area contributed by atoms with E-state index < -0.39 is 0 Å². The molecule has 0 bridgehead atoms. The molecule has 0 aliphatic rings. The van der Waals surface area contributed by atoms with Crippen LogP contribution in [0.1, 0.15) is 11.1 Å². The van der Waals surface area contributed by atoms with Crippen molar-refractivity contribution in [2.24, 2.45) is 10.2 Å². The number of hydrogen-bond donors (Lipinski definition) is 2. The normalized spacial score (nSPS) is 10.7. The van der Waals surface area contributed by atoms with E-state index in [1.165, 1.54) is 11.0 Å². The topological polar surface area (TPSA) is 142 Å². The Morgan fingerprint density at radius 2 is 1.81 bits per heavy atom. The molecule has 11 nitrogen and oxygen atoms in total. The average molecular weight is 349 g/mol. The summed E-state index contributed by atoms with van der Waals surface area (Å²) in [4.78, 5) is 16.6. The van der Waals surface area contributed by atoms with Gasteiger partial charge in [-0.2, -0.15) is 14.9 Å². The number of aromatic nitrogens is 6. The van der Waals surface area contributed by atoms with Gasteiger partial charge in [-0.3, -0.25) is 0 Å². The third-order valence-electron chi connectivity index (χ3n) is 3.48. The molecule has 0 aromatic carbocycles. The van der Waals surface area contributed by atoms with Gasteiger partial charge in [-0.25, -0.2) is 15.0 Å². The molecular weight excluding hydrogens is 334 g/mol. The first-order valence-corrected chi connectivity index (χ1v) is 7.59. The standard InChI is InChI=1S/C15H15N11/c1-9-10(7-16)12(17-2)22-13(18-3)11(9)23-24-14-21-8-26(25-14)15-19-5-4-6-20-15/h4-6,8H,1-3H3,(H2,17,18,22)/b24-23+. The summed E-state index contributed by atoms with van der Waals surface area (Å²) in [5.74, 6) is 1.47. The molecule has 0 aliphatic carbocycles.